The van der Waals surface area contributed by atoms with E-state index < -0.39 is 5.97 Å². The van der Waals surface area contributed by atoms with Crippen LogP contribution in [0.1, 0.15) is 49.9 Å². The van der Waals surface area contributed by atoms with Crippen molar-refractivity contribution < 1.29 is 9.90 Å². The summed E-state index contributed by atoms with van der Waals surface area (Å²) in [7, 11) is 0. The quantitative estimate of drug-likeness (QED) is 0.841. The van der Waals surface area contributed by atoms with Gasteiger partial charge in [-0.3, -0.25) is 0 Å². The van der Waals surface area contributed by atoms with Crippen LogP contribution in [-0.2, 0) is 6.54 Å². The zero-order chi connectivity index (χ0) is 14.5. The standard InChI is InChI=1S/C15H21N3O2/c1-3-5-7-11(4-2)10-18-13-9-6-8-12(15(19)20)14(13)16-17-18/h6,8-9,11H,3-5,7,10H2,1-2H3,(H,19,20). The number of unbranched alkanes of at least 4 members (excludes halogenated alkanes) is 1. The number of hydrogen-bond acceptors (Lipinski definition) is 3. The van der Waals surface area contributed by atoms with Crippen molar-refractivity contribution in [2.45, 2.75) is 46.1 Å². The maximum Gasteiger partial charge on any atom is 0.338 e. The van der Waals surface area contributed by atoms with Crippen molar-refractivity contribution >= 4 is 17.0 Å². The minimum atomic E-state index is -0.958. The Balaban J connectivity index is 2.27. The van der Waals surface area contributed by atoms with Crippen LogP contribution < -0.4 is 0 Å². The Kier molecular flexibility index (Phi) is 4.71. The molecule has 0 radical (unpaired) electrons. The molecule has 0 aliphatic carbocycles. The van der Waals surface area contributed by atoms with Gasteiger partial charge in [0.05, 0.1) is 11.1 Å². The zero-order valence-corrected chi connectivity index (χ0v) is 12.0. The molecule has 0 saturated carbocycles. The maximum atomic E-state index is 11.2. The molecule has 0 bridgehead atoms. The van der Waals surface area contributed by atoms with Crippen LogP contribution in [0, 0.1) is 5.92 Å². The van der Waals surface area contributed by atoms with Crippen LogP contribution in [0.15, 0.2) is 18.2 Å². The van der Waals surface area contributed by atoms with Gasteiger partial charge in [-0.25, -0.2) is 9.48 Å². The predicted octanol–water partition coefficient (Wildman–Crippen LogP) is 3.35. The highest BCUT2D eigenvalue weighted by molar-refractivity contribution is 6.00. The van der Waals surface area contributed by atoms with Crippen molar-refractivity contribution in [3.8, 4) is 0 Å². The highest BCUT2D eigenvalue weighted by Crippen LogP contribution is 2.20. The number of carboxylic acids is 1. The van der Waals surface area contributed by atoms with Crippen molar-refractivity contribution in [1.29, 1.82) is 0 Å². The summed E-state index contributed by atoms with van der Waals surface area (Å²) in [6.45, 7) is 5.18. The van der Waals surface area contributed by atoms with Crippen molar-refractivity contribution in [1.82, 2.24) is 15.0 Å². The van der Waals surface area contributed by atoms with Crippen LogP contribution >= 0.6 is 0 Å². The second-order valence-electron chi connectivity index (χ2n) is 5.17. The molecule has 5 nitrogen and oxygen atoms in total. The van der Waals surface area contributed by atoms with Gasteiger partial charge in [-0.05, 0) is 24.5 Å². The Hall–Kier alpha value is -1.91. The number of nitrogens with zero attached hydrogens (tertiary/aromatic N) is 3. The fourth-order valence-corrected chi connectivity index (χ4v) is 2.46. The van der Waals surface area contributed by atoms with Crippen molar-refractivity contribution in [2.24, 2.45) is 5.92 Å². The lowest BCUT2D eigenvalue weighted by Gasteiger charge is -2.14. The van der Waals surface area contributed by atoms with Gasteiger partial charge < -0.3 is 5.11 Å². The molecule has 2 aromatic rings. The van der Waals surface area contributed by atoms with Gasteiger partial charge in [-0.1, -0.05) is 44.4 Å². The highest BCUT2D eigenvalue weighted by atomic mass is 16.4. The van der Waals surface area contributed by atoms with Crippen LogP contribution in [0.4, 0.5) is 0 Å². The first-order valence-corrected chi connectivity index (χ1v) is 7.22. The average Bonchev–Trinajstić information content (AvgIpc) is 2.86. The summed E-state index contributed by atoms with van der Waals surface area (Å²) in [5.41, 5.74) is 1.50. The molecule has 1 atom stereocenters. The largest absolute Gasteiger partial charge is 0.478 e. The first-order valence-electron chi connectivity index (χ1n) is 7.22. The first-order chi connectivity index (χ1) is 9.67. The van der Waals surface area contributed by atoms with E-state index in [1.807, 2.05) is 10.7 Å². The van der Waals surface area contributed by atoms with Crippen molar-refractivity contribution in [3.63, 3.8) is 0 Å². The number of rotatable bonds is 7. The third-order valence-electron chi connectivity index (χ3n) is 3.75. The third kappa shape index (κ3) is 2.98. The molecule has 2 rings (SSSR count). The molecule has 0 aliphatic rings. The molecule has 0 saturated heterocycles. The summed E-state index contributed by atoms with van der Waals surface area (Å²) in [6, 6.07) is 5.20. The van der Waals surface area contributed by atoms with Crippen LogP contribution in [0.3, 0.4) is 0 Å². The van der Waals surface area contributed by atoms with Crippen LogP contribution in [0.2, 0.25) is 0 Å². The smallest absolute Gasteiger partial charge is 0.338 e. The van der Waals surface area contributed by atoms with Crippen molar-refractivity contribution in [3.05, 3.63) is 23.8 Å². The topological polar surface area (TPSA) is 68.0 Å². The first kappa shape index (κ1) is 14.5. The molecule has 5 heteroatoms. The van der Waals surface area contributed by atoms with E-state index >= 15 is 0 Å². The minimum absolute atomic E-state index is 0.218. The molecule has 108 valence electrons. The van der Waals surface area contributed by atoms with Gasteiger partial charge >= 0.3 is 5.97 Å². The van der Waals surface area contributed by atoms with E-state index in [9.17, 15) is 4.79 Å². The average molecular weight is 275 g/mol. The fraction of sp³-hybridized carbons (Fsp3) is 0.533. The Bertz CT molecular complexity index is 592. The SMILES string of the molecule is CCCCC(CC)Cn1nnc2c(C(=O)O)cccc21. The van der Waals surface area contributed by atoms with Gasteiger partial charge in [-0.2, -0.15) is 0 Å². The lowest BCUT2D eigenvalue weighted by Crippen LogP contribution is -2.11. The molecule has 0 amide bonds. The Morgan fingerprint density at radius 2 is 2.20 bits per heavy atom. The Morgan fingerprint density at radius 1 is 1.40 bits per heavy atom. The fourth-order valence-electron chi connectivity index (χ4n) is 2.46. The molecule has 1 aromatic heterocycles. The monoisotopic (exact) mass is 275 g/mol. The molecule has 20 heavy (non-hydrogen) atoms. The van der Waals surface area contributed by atoms with E-state index in [2.05, 4.69) is 24.2 Å². The molecule has 0 aliphatic heterocycles. The molecule has 1 heterocycles. The van der Waals surface area contributed by atoms with Crippen LogP contribution in [-0.4, -0.2) is 26.1 Å². The number of carboxylic acid groups (broad SMARTS) is 1. The zero-order valence-electron chi connectivity index (χ0n) is 12.0. The molecular weight excluding hydrogens is 254 g/mol. The van der Waals surface area contributed by atoms with Gasteiger partial charge in [-0.15, -0.1) is 5.10 Å². The number of hydrogen-bond donors (Lipinski definition) is 1. The van der Waals surface area contributed by atoms with E-state index in [0.717, 1.165) is 18.5 Å². The van der Waals surface area contributed by atoms with E-state index in [-0.39, 0.29) is 5.56 Å². The number of carbonyl (C=O) groups is 1. The van der Waals surface area contributed by atoms with Gasteiger partial charge in [0.2, 0.25) is 0 Å². The molecule has 0 spiro atoms. The lowest BCUT2D eigenvalue weighted by atomic mass is 9.99. The van der Waals surface area contributed by atoms with Crippen LogP contribution in [0.5, 0.6) is 0 Å². The number of aromatic carboxylic acids is 1. The molecular formula is C15H21N3O2. The summed E-state index contributed by atoms with van der Waals surface area (Å²) in [5.74, 6) is -0.394. The van der Waals surface area contributed by atoms with Gasteiger partial charge in [0.15, 0.2) is 0 Å². The second-order valence-corrected chi connectivity index (χ2v) is 5.17. The van der Waals surface area contributed by atoms with Crippen LogP contribution in [0.25, 0.3) is 11.0 Å². The Labute approximate surface area is 118 Å². The normalized spacial score (nSPS) is 12.7. The minimum Gasteiger partial charge on any atom is -0.478 e. The summed E-state index contributed by atoms with van der Waals surface area (Å²) in [5, 5.41) is 17.3. The van der Waals surface area contributed by atoms with E-state index in [0.29, 0.717) is 11.4 Å². The van der Waals surface area contributed by atoms with E-state index in [1.54, 1.807) is 12.1 Å². The summed E-state index contributed by atoms with van der Waals surface area (Å²) >= 11 is 0. The van der Waals surface area contributed by atoms with E-state index in [1.165, 1.54) is 19.3 Å². The van der Waals surface area contributed by atoms with Gasteiger partial charge in [0.1, 0.15) is 5.52 Å². The highest BCUT2D eigenvalue weighted by Gasteiger charge is 2.15. The molecule has 1 unspecified atom stereocenters. The molecule has 1 aromatic carbocycles. The van der Waals surface area contributed by atoms with Crippen molar-refractivity contribution in [2.75, 3.05) is 0 Å². The number of benzene rings is 1. The summed E-state index contributed by atoms with van der Waals surface area (Å²) in [6.07, 6.45) is 4.68. The predicted molar refractivity (Wildman–Crippen MR) is 77.8 cm³/mol. The Morgan fingerprint density at radius 3 is 2.85 bits per heavy atom. The number of fused-ring (bicyclic) bond motifs is 1. The second kappa shape index (κ2) is 6.50. The van der Waals surface area contributed by atoms with Gasteiger partial charge in [0, 0.05) is 6.54 Å². The molecule has 0 fully saturated rings. The third-order valence-corrected chi connectivity index (χ3v) is 3.75. The van der Waals surface area contributed by atoms with Gasteiger partial charge in [0.25, 0.3) is 0 Å². The summed E-state index contributed by atoms with van der Waals surface area (Å²) < 4.78 is 1.84. The lowest BCUT2D eigenvalue weighted by molar-refractivity contribution is 0.0699. The maximum absolute atomic E-state index is 11.2. The molecule has 1 N–H and O–H groups in total. The number of aromatic nitrogens is 3. The summed E-state index contributed by atoms with van der Waals surface area (Å²) in [4.78, 5) is 11.2. The van der Waals surface area contributed by atoms with E-state index in [4.69, 9.17) is 5.11 Å².